The van der Waals surface area contributed by atoms with Gasteiger partial charge in [-0.15, -0.1) is 0 Å². The molecular weight excluding hydrogens is 292 g/mol. The average Bonchev–Trinajstić information content (AvgIpc) is 2.49. The molecule has 1 fully saturated rings. The van der Waals surface area contributed by atoms with E-state index in [0.717, 1.165) is 56.0 Å². The SMILES string of the molecule is CC(C)CCOc1ccc(CC(=O)O)cc1CN1CCNCC1. The van der Waals surface area contributed by atoms with E-state index in [1.165, 1.54) is 0 Å². The van der Waals surface area contributed by atoms with Crippen molar-refractivity contribution in [3.63, 3.8) is 0 Å². The van der Waals surface area contributed by atoms with Crippen LogP contribution in [-0.2, 0) is 17.8 Å². The van der Waals surface area contributed by atoms with Crippen LogP contribution in [0.3, 0.4) is 0 Å². The van der Waals surface area contributed by atoms with Gasteiger partial charge in [0.25, 0.3) is 0 Å². The van der Waals surface area contributed by atoms with Crippen molar-refractivity contribution in [2.24, 2.45) is 5.92 Å². The summed E-state index contributed by atoms with van der Waals surface area (Å²) in [6.45, 7) is 9.89. The lowest BCUT2D eigenvalue weighted by atomic mass is 10.1. The van der Waals surface area contributed by atoms with Gasteiger partial charge in [-0.2, -0.15) is 0 Å². The van der Waals surface area contributed by atoms with E-state index in [2.05, 4.69) is 24.1 Å². The largest absolute Gasteiger partial charge is 0.493 e. The van der Waals surface area contributed by atoms with Crippen LogP contribution in [-0.4, -0.2) is 48.8 Å². The lowest BCUT2D eigenvalue weighted by Gasteiger charge is -2.28. The molecule has 23 heavy (non-hydrogen) atoms. The van der Waals surface area contributed by atoms with Gasteiger partial charge >= 0.3 is 5.97 Å². The first-order valence-electron chi connectivity index (χ1n) is 8.44. The maximum absolute atomic E-state index is 11.0. The molecule has 0 unspecified atom stereocenters. The Morgan fingerprint density at radius 1 is 1.35 bits per heavy atom. The van der Waals surface area contributed by atoms with E-state index in [1.807, 2.05) is 18.2 Å². The van der Waals surface area contributed by atoms with E-state index in [-0.39, 0.29) is 6.42 Å². The van der Waals surface area contributed by atoms with Crippen molar-refractivity contribution in [3.8, 4) is 5.75 Å². The summed E-state index contributed by atoms with van der Waals surface area (Å²) in [4.78, 5) is 13.3. The van der Waals surface area contributed by atoms with Crippen molar-refractivity contribution in [1.82, 2.24) is 10.2 Å². The maximum Gasteiger partial charge on any atom is 0.307 e. The summed E-state index contributed by atoms with van der Waals surface area (Å²) in [6, 6.07) is 5.77. The number of rotatable bonds is 8. The zero-order chi connectivity index (χ0) is 16.7. The Labute approximate surface area is 138 Å². The number of ether oxygens (including phenoxy) is 1. The topological polar surface area (TPSA) is 61.8 Å². The molecule has 1 heterocycles. The fourth-order valence-corrected chi connectivity index (χ4v) is 2.70. The van der Waals surface area contributed by atoms with Crippen LogP contribution in [0.25, 0.3) is 0 Å². The summed E-state index contributed by atoms with van der Waals surface area (Å²) in [5.74, 6) is 0.697. The second-order valence-electron chi connectivity index (χ2n) is 6.57. The highest BCUT2D eigenvalue weighted by Crippen LogP contribution is 2.23. The molecule has 2 N–H and O–H groups in total. The smallest absolute Gasteiger partial charge is 0.307 e. The lowest BCUT2D eigenvalue weighted by Crippen LogP contribution is -2.42. The number of hydrogen-bond acceptors (Lipinski definition) is 4. The van der Waals surface area contributed by atoms with Crippen LogP contribution in [0.4, 0.5) is 0 Å². The van der Waals surface area contributed by atoms with Crippen molar-refractivity contribution in [2.75, 3.05) is 32.8 Å². The van der Waals surface area contributed by atoms with Crippen molar-refractivity contribution in [2.45, 2.75) is 33.2 Å². The van der Waals surface area contributed by atoms with Crippen molar-refractivity contribution in [3.05, 3.63) is 29.3 Å². The number of piperazine rings is 1. The molecule has 0 amide bonds. The van der Waals surface area contributed by atoms with E-state index in [9.17, 15) is 4.79 Å². The fraction of sp³-hybridized carbons (Fsp3) is 0.611. The summed E-state index contributed by atoms with van der Waals surface area (Å²) >= 11 is 0. The number of carboxylic acid groups (broad SMARTS) is 1. The van der Waals surface area contributed by atoms with E-state index in [4.69, 9.17) is 9.84 Å². The zero-order valence-corrected chi connectivity index (χ0v) is 14.2. The molecule has 2 rings (SSSR count). The van der Waals surface area contributed by atoms with E-state index < -0.39 is 5.97 Å². The zero-order valence-electron chi connectivity index (χ0n) is 14.2. The van der Waals surface area contributed by atoms with Gasteiger partial charge in [-0.25, -0.2) is 0 Å². The highest BCUT2D eigenvalue weighted by Gasteiger charge is 2.14. The second-order valence-corrected chi connectivity index (χ2v) is 6.57. The maximum atomic E-state index is 11.0. The van der Waals surface area contributed by atoms with Gasteiger partial charge in [0.15, 0.2) is 0 Å². The van der Waals surface area contributed by atoms with Crippen LogP contribution in [0.2, 0.25) is 0 Å². The quantitative estimate of drug-likeness (QED) is 0.768. The predicted octanol–water partition coefficient (Wildman–Crippen LogP) is 2.14. The Bertz CT molecular complexity index is 511. The molecule has 0 bridgehead atoms. The molecule has 1 aromatic rings. The first kappa shape index (κ1) is 17.8. The number of nitrogens with zero attached hydrogens (tertiary/aromatic N) is 1. The number of nitrogens with one attached hydrogen (secondary N) is 1. The van der Waals surface area contributed by atoms with Gasteiger partial charge in [-0.05, 0) is 24.0 Å². The Kier molecular flexibility index (Phi) is 6.86. The normalized spacial score (nSPS) is 15.8. The standard InChI is InChI=1S/C18H28N2O3/c1-14(2)5-10-23-17-4-3-15(12-18(21)22)11-16(17)13-20-8-6-19-7-9-20/h3-4,11,14,19H,5-10,12-13H2,1-2H3,(H,21,22). The van der Waals surface area contributed by atoms with Crippen LogP contribution in [0.15, 0.2) is 18.2 Å². The van der Waals surface area contributed by atoms with E-state index >= 15 is 0 Å². The summed E-state index contributed by atoms with van der Waals surface area (Å²) in [6.07, 6.45) is 1.07. The molecule has 0 radical (unpaired) electrons. The summed E-state index contributed by atoms with van der Waals surface area (Å²) in [5, 5.41) is 12.3. The lowest BCUT2D eigenvalue weighted by molar-refractivity contribution is -0.136. The Balaban J connectivity index is 2.09. The first-order valence-corrected chi connectivity index (χ1v) is 8.44. The molecule has 128 valence electrons. The Morgan fingerprint density at radius 3 is 2.74 bits per heavy atom. The van der Waals surface area contributed by atoms with Crippen LogP contribution >= 0.6 is 0 Å². The second kappa shape index (κ2) is 8.89. The Morgan fingerprint density at radius 2 is 2.09 bits per heavy atom. The van der Waals surface area contributed by atoms with Gasteiger partial charge in [0.05, 0.1) is 13.0 Å². The number of carbonyl (C=O) groups is 1. The third-order valence-electron chi connectivity index (χ3n) is 4.04. The summed E-state index contributed by atoms with van der Waals surface area (Å²) < 4.78 is 5.96. The molecule has 1 aliphatic heterocycles. The van der Waals surface area contributed by atoms with Crippen LogP contribution in [0.5, 0.6) is 5.75 Å². The minimum absolute atomic E-state index is 0.0564. The van der Waals surface area contributed by atoms with Gasteiger partial charge in [-0.3, -0.25) is 9.69 Å². The minimum Gasteiger partial charge on any atom is -0.493 e. The van der Waals surface area contributed by atoms with Gasteiger partial charge in [0.1, 0.15) is 5.75 Å². The predicted molar refractivity (Wildman–Crippen MR) is 90.9 cm³/mol. The molecule has 0 atom stereocenters. The number of benzene rings is 1. The summed E-state index contributed by atoms with van der Waals surface area (Å²) in [7, 11) is 0. The molecule has 5 heteroatoms. The van der Waals surface area contributed by atoms with Crippen LogP contribution in [0.1, 0.15) is 31.4 Å². The Hall–Kier alpha value is -1.59. The highest BCUT2D eigenvalue weighted by atomic mass is 16.5. The average molecular weight is 320 g/mol. The third kappa shape index (κ3) is 6.20. The molecule has 1 aromatic carbocycles. The molecule has 0 saturated carbocycles. The van der Waals surface area contributed by atoms with Crippen LogP contribution in [0, 0.1) is 5.92 Å². The molecule has 1 saturated heterocycles. The van der Waals surface area contributed by atoms with Crippen molar-refractivity contribution < 1.29 is 14.6 Å². The molecule has 0 aliphatic carbocycles. The molecule has 1 aliphatic rings. The van der Waals surface area contributed by atoms with Gasteiger partial charge in [-0.1, -0.05) is 26.0 Å². The van der Waals surface area contributed by atoms with Gasteiger partial charge in [0, 0.05) is 38.3 Å². The minimum atomic E-state index is -0.799. The molecule has 0 spiro atoms. The first-order chi connectivity index (χ1) is 11.0. The highest BCUT2D eigenvalue weighted by molar-refractivity contribution is 5.70. The van der Waals surface area contributed by atoms with Crippen molar-refractivity contribution >= 4 is 5.97 Å². The fourth-order valence-electron chi connectivity index (χ4n) is 2.70. The molecule has 0 aromatic heterocycles. The molecule has 5 nitrogen and oxygen atoms in total. The van der Waals surface area contributed by atoms with Crippen molar-refractivity contribution in [1.29, 1.82) is 0 Å². The van der Waals surface area contributed by atoms with Gasteiger partial charge < -0.3 is 15.2 Å². The monoisotopic (exact) mass is 320 g/mol. The van der Waals surface area contributed by atoms with Gasteiger partial charge in [0.2, 0.25) is 0 Å². The summed E-state index contributed by atoms with van der Waals surface area (Å²) in [5.41, 5.74) is 1.92. The number of aliphatic carboxylic acids is 1. The van der Waals surface area contributed by atoms with E-state index in [1.54, 1.807) is 0 Å². The van der Waals surface area contributed by atoms with Crippen LogP contribution < -0.4 is 10.1 Å². The van der Waals surface area contributed by atoms with E-state index in [0.29, 0.717) is 12.5 Å². The third-order valence-corrected chi connectivity index (χ3v) is 4.04. The number of hydrogen-bond donors (Lipinski definition) is 2. The molecular formula is C18H28N2O3. The number of carboxylic acids is 1.